The van der Waals surface area contributed by atoms with Gasteiger partial charge < -0.3 is 15.4 Å². The Hall–Kier alpha value is -2.24. The summed E-state index contributed by atoms with van der Waals surface area (Å²) in [5.41, 5.74) is 5.80. The lowest BCUT2D eigenvalue weighted by Gasteiger charge is -2.38. The van der Waals surface area contributed by atoms with Crippen molar-refractivity contribution in [3.63, 3.8) is 0 Å². The molecule has 1 aromatic carbocycles. The predicted molar refractivity (Wildman–Crippen MR) is 76.6 cm³/mol. The van der Waals surface area contributed by atoms with E-state index in [9.17, 15) is 9.59 Å². The third-order valence-electron chi connectivity index (χ3n) is 3.19. The Labute approximate surface area is 118 Å². The first-order valence-corrected chi connectivity index (χ1v) is 6.33. The van der Waals surface area contributed by atoms with Crippen LogP contribution in [0.3, 0.4) is 0 Å². The smallest absolute Gasteiger partial charge is 0.271 e. The van der Waals surface area contributed by atoms with Gasteiger partial charge in [-0.3, -0.25) is 14.5 Å². The van der Waals surface area contributed by atoms with E-state index in [-0.39, 0.29) is 18.4 Å². The highest BCUT2D eigenvalue weighted by Crippen LogP contribution is 2.38. The molecule has 0 atom stereocenters. The van der Waals surface area contributed by atoms with E-state index < -0.39 is 5.60 Å². The first kappa shape index (κ1) is 14.2. The van der Waals surface area contributed by atoms with Gasteiger partial charge in [-0.1, -0.05) is 0 Å². The van der Waals surface area contributed by atoms with Gasteiger partial charge in [0.25, 0.3) is 5.91 Å². The average Bonchev–Trinajstić information content (AvgIpc) is 2.35. The van der Waals surface area contributed by atoms with Gasteiger partial charge in [-0.05, 0) is 32.0 Å². The molecule has 1 aliphatic rings. The van der Waals surface area contributed by atoms with E-state index in [0.717, 1.165) is 0 Å². The van der Waals surface area contributed by atoms with Crippen LogP contribution >= 0.6 is 0 Å². The zero-order chi connectivity index (χ0) is 15.1. The number of carbonyl (C=O) groups excluding carboxylic acids is 2. The zero-order valence-corrected chi connectivity index (χ0v) is 12.1. The summed E-state index contributed by atoms with van der Waals surface area (Å²) in [5, 5.41) is 0. The molecule has 0 saturated heterocycles. The Morgan fingerprint density at radius 3 is 2.65 bits per heavy atom. The molecule has 108 valence electrons. The van der Waals surface area contributed by atoms with Crippen LogP contribution < -0.4 is 15.4 Å². The summed E-state index contributed by atoms with van der Waals surface area (Å²) in [5.74, 6) is 0.130. The Balaban J connectivity index is 2.45. The van der Waals surface area contributed by atoms with Crippen molar-refractivity contribution in [3.05, 3.63) is 18.2 Å². The monoisotopic (exact) mass is 277 g/mol. The summed E-state index contributed by atoms with van der Waals surface area (Å²) in [6.07, 6.45) is 0. The van der Waals surface area contributed by atoms with E-state index in [1.807, 2.05) is 0 Å². The van der Waals surface area contributed by atoms with E-state index >= 15 is 0 Å². The summed E-state index contributed by atoms with van der Waals surface area (Å²) in [6, 6.07) is 5.06. The maximum absolute atomic E-state index is 12.5. The second kappa shape index (κ2) is 4.70. The van der Waals surface area contributed by atoms with Gasteiger partial charge in [-0.15, -0.1) is 0 Å². The molecule has 0 spiro atoms. The van der Waals surface area contributed by atoms with Gasteiger partial charge >= 0.3 is 0 Å². The summed E-state index contributed by atoms with van der Waals surface area (Å²) < 4.78 is 5.69. The van der Waals surface area contributed by atoms with Gasteiger partial charge in [0, 0.05) is 19.8 Å². The van der Waals surface area contributed by atoms with E-state index in [1.54, 1.807) is 46.1 Å². The fourth-order valence-corrected chi connectivity index (χ4v) is 2.02. The molecule has 1 heterocycles. The molecule has 0 unspecified atom stereocenters. The molecule has 0 fully saturated rings. The van der Waals surface area contributed by atoms with Crippen molar-refractivity contribution in [2.75, 3.05) is 31.3 Å². The van der Waals surface area contributed by atoms with Crippen molar-refractivity contribution in [1.82, 2.24) is 4.90 Å². The van der Waals surface area contributed by atoms with Crippen LogP contribution in [0.1, 0.15) is 13.8 Å². The van der Waals surface area contributed by atoms with E-state index in [0.29, 0.717) is 17.1 Å². The number of nitrogens with two attached hydrogens (primary N) is 1. The molecule has 2 amide bonds. The van der Waals surface area contributed by atoms with Crippen molar-refractivity contribution in [3.8, 4) is 5.75 Å². The van der Waals surface area contributed by atoms with Gasteiger partial charge in [0.1, 0.15) is 12.3 Å². The summed E-state index contributed by atoms with van der Waals surface area (Å²) in [6.45, 7) is 3.33. The Bertz CT molecular complexity index is 567. The highest BCUT2D eigenvalue weighted by molar-refractivity contribution is 6.06. The highest BCUT2D eigenvalue weighted by Gasteiger charge is 2.41. The minimum absolute atomic E-state index is 0.0327. The van der Waals surface area contributed by atoms with Crippen LogP contribution in [0.2, 0.25) is 0 Å². The maximum atomic E-state index is 12.5. The molecule has 0 aliphatic carbocycles. The number of amides is 2. The molecule has 0 saturated carbocycles. The minimum Gasteiger partial charge on any atom is -0.476 e. The van der Waals surface area contributed by atoms with Crippen molar-refractivity contribution < 1.29 is 14.3 Å². The molecule has 2 N–H and O–H groups in total. The molecule has 0 bridgehead atoms. The van der Waals surface area contributed by atoms with Crippen molar-refractivity contribution in [1.29, 1.82) is 0 Å². The number of rotatable bonds is 2. The number of anilines is 2. The summed E-state index contributed by atoms with van der Waals surface area (Å²) >= 11 is 0. The first-order valence-electron chi connectivity index (χ1n) is 6.33. The van der Waals surface area contributed by atoms with Crippen molar-refractivity contribution >= 4 is 23.2 Å². The fourth-order valence-electron chi connectivity index (χ4n) is 2.02. The number of ether oxygens (including phenoxy) is 1. The number of fused-ring (bicyclic) bond motifs is 1. The number of carbonyl (C=O) groups is 2. The molecule has 6 nitrogen and oxygen atoms in total. The number of nitrogen functional groups attached to an aromatic ring is 1. The van der Waals surface area contributed by atoms with Gasteiger partial charge in [0.2, 0.25) is 5.91 Å². The van der Waals surface area contributed by atoms with Crippen LogP contribution in [0.25, 0.3) is 0 Å². The van der Waals surface area contributed by atoms with Crippen LogP contribution in [0.5, 0.6) is 5.75 Å². The van der Waals surface area contributed by atoms with Crippen LogP contribution in [0, 0.1) is 0 Å². The summed E-state index contributed by atoms with van der Waals surface area (Å²) in [7, 11) is 3.30. The molecule has 2 rings (SSSR count). The molecule has 0 radical (unpaired) electrons. The maximum Gasteiger partial charge on any atom is 0.271 e. The molecule has 6 heteroatoms. The number of hydrogen-bond donors (Lipinski definition) is 1. The minimum atomic E-state index is -1.00. The lowest BCUT2D eigenvalue weighted by Crippen LogP contribution is -2.54. The standard InChI is InChI=1S/C14H19N3O3/c1-14(2)13(19)17(8-12(18)16(3)4)10-7-9(15)5-6-11(10)20-14/h5-7H,8,15H2,1-4H3. The van der Waals surface area contributed by atoms with Gasteiger partial charge in [0.15, 0.2) is 5.60 Å². The normalized spacial score (nSPS) is 16.4. The second-order valence-corrected chi connectivity index (χ2v) is 5.52. The molecule has 20 heavy (non-hydrogen) atoms. The lowest BCUT2D eigenvalue weighted by atomic mass is 10.0. The van der Waals surface area contributed by atoms with Crippen LogP contribution in [0.4, 0.5) is 11.4 Å². The number of nitrogens with zero attached hydrogens (tertiary/aromatic N) is 2. The van der Waals surface area contributed by atoms with Gasteiger partial charge in [0.05, 0.1) is 5.69 Å². The van der Waals surface area contributed by atoms with E-state index in [4.69, 9.17) is 10.5 Å². The Morgan fingerprint density at radius 1 is 1.40 bits per heavy atom. The van der Waals surface area contributed by atoms with Crippen molar-refractivity contribution in [2.24, 2.45) is 0 Å². The lowest BCUT2D eigenvalue weighted by molar-refractivity contribution is -0.135. The average molecular weight is 277 g/mol. The van der Waals surface area contributed by atoms with Gasteiger partial charge in [-0.25, -0.2) is 0 Å². The SMILES string of the molecule is CN(C)C(=O)CN1C(=O)C(C)(C)Oc2ccc(N)cc21. The molecule has 1 aromatic rings. The largest absolute Gasteiger partial charge is 0.476 e. The Kier molecular flexibility index (Phi) is 3.33. The predicted octanol–water partition coefficient (Wildman–Crippen LogP) is 0.861. The Morgan fingerprint density at radius 2 is 2.05 bits per heavy atom. The fraction of sp³-hybridized carbons (Fsp3) is 0.429. The van der Waals surface area contributed by atoms with Crippen LogP contribution in [-0.2, 0) is 9.59 Å². The molecule has 0 aromatic heterocycles. The number of likely N-dealkylation sites (N-methyl/N-ethyl adjacent to an activating group) is 1. The van der Waals surface area contributed by atoms with Gasteiger partial charge in [-0.2, -0.15) is 0 Å². The third kappa shape index (κ3) is 2.41. The third-order valence-corrected chi connectivity index (χ3v) is 3.19. The van der Waals surface area contributed by atoms with Crippen LogP contribution in [0.15, 0.2) is 18.2 Å². The summed E-state index contributed by atoms with van der Waals surface area (Å²) in [4.78, 5) is 27.3. The van der Waals surface area contributed by atoms with Crippen LogP contribution in [-0.4, -0.2) is 43.0 Å². The first-order chi connectivity index (χ1) is 9.22. The number of benzene rings is 1. The zero-order valence-electron chi connectivity index (χ0n) is 12.1. The number of hydrogen-bond acceptors (Lipinski definition) is 4. The molecule has 1 aliphatic heterocycles. The second-order valence-electron chi connectivity index (χ2n) is 5.52. The van der Waals surface area contributed by atoms with Crippen molar-refractivity contribution in [2.45, 2.75) is 19.4 Å². The quantitative estimate of drug-likeness (QED) is 0.814. The van der Waals surface area contributed by atoms with E-state index in [2.05, 4.69) is 0 Å². The molecular formula is C14H19N3O3. The highest BCUT2D eigenvalue weighted by atomic mass is 16.5. The molecular weight excluding hydrogens is 258 g/mol. The van der Waals surface area contributed by atoms with E-state index in [1.165, 1.54) is 9.80 Å². The topological polar surface area (TPSA) is 75.9 Å².